The Balaban J connectivity index is 1.97. The maximum Gasteiger partial charge on any atom is 0.338 e. The van der Waals surface area contributed by atoms with Gasteiger partial charge >= 0.3 is 5.97 Å². The maximum atomic E-state index is 12.2. The van der Waals surface area contributed by atoms with Crippen LogP contribution in [0.3, 0.4) is 0 Å². The van der Waals surface area contributed by atoms with E-state index in [0.717, 1.165) is 22.9 Å². The molecule has 0 atom stereocenters. The lowest BCUT2D eigenvalue weighted by Gasteiger charge is -2.08. The molecule has 0 aliphatic rings. The number of hydrogen-bond donors (Lipinski definition) is 1. The first kappa shape index (κ1) is 21.7. The second kappa shape index (κ2) is 11.3. The molecule has 0 unspecified atom stereocenters. The predicted octanol–water partition coefficient (Wildman–Crippen LogP) is 5.46. The number of amides is 1. The lowest BCUT2D eigenvalue weighted by Crippen LogP contribution is -2.09. The Morgan fingerprint density at radius 2 is 1.86 bits per heavy atom. The Morgan fingerprint density at radius 3 is 2.54 bits per heavy atom. The van der Waals surface area contributed by atoms with E-state index in [0.29, 0.717) is 30.2 Å². The number of halogens is 1. The van der Waals surface area contributed by atoms with Gasteiger partial charge in [-0.25, -0.2) is 4.79 Å². The molecule has 0 spiro atoms. The van der Waals surface area contributed by atoms with Gasteiger partial charge in [0.2, 0.25) is 5.91 Å². The van der Waals surface area contributed by atoms with E-state index < -0.39 is 0 Å². The van der Waals surface area contributed by atoms with Gasteiger partial charge in [0.05, 0.1) is 18.8 Å². The topological polar surface area (TPSA) is 64.6 Å². The predicted molar refractivity (Wildman–Crippen MR) is 115 cm³/mol. The number of rotatable bonds is 9. The van der Waals surface area contributed by atoms with Gasteiger partial charge in [0, 0.05) is 21.8 Å². The average Bonchev–Trinajstić information content (AvgIpc) is 2.69. The SMILES string of the molecule is CCCCOC(=O)c1ccc(NC(=O)C=Cc2cc(Br)ccc2OCC)cc1. The summed E-state index contributed by atoms with van der Waals surface area (Å²) >= 11 is 3.42. The molecular formula is C22H24BrNO4. The molecule has 5 nitrogen and oxygen atoms in total. The summed E-state index contributed by atoms with van der Waals surface area (Å²) in [6.45, 7) is 4.90. The second-order valence-electron chi connectivity index (χ2n) is 6.00. The van der Waals surface area contributed by atoms with Crippen molar-refractivity contribution >= 4 is 39.6 Å². The van der Waals surface area contributed by atoms with Gasteiger partial charge < -0.3 is 14.8 Å². The minimum Gasteiger partial charge on any atom is -0.493 e. The summed E-state index contributed by atoms with van der Waals surface area (Å²) in [5.74, 6) is 0.0747. The van der Waals surface area contributed by atoms with Crippen molar-refractivity contribution < 1.29 is 19.1 Å². The molecule has 2 aromatic carbocycles. The molecule has 0 bridgehead atoms. The monoisotopic (exact) mass is 445 g/mol. The van der Waals surface area contributed by atoms with Crippen LogP contribution in [0.25, 0.3) is 6.08 Å². The molecule has 2 aromatic rings. The summed E-state index contributed by atoms with van der Waals surface area (Å²) in [5, 5.41) is 2.77. The number of hydrogen-bond acceptors (Lipinski definition) is 4. The van der Waals surface area contributed by atoms with E-state index >= 15 is 0 Å². The third-order valence-corrected chi connectivity index (χ3v) is 4.30. The molecule has 28 heavy (non-hydrogen) atoms. The Hall–Kier alpha value is -2.60. The zero-order valence-corrected chi connectivity index (χ0v) is 17.6. The van der Waals surface area contributed by atoms with Crippen molar-refractivity contribution in [3.63, 3.8) is 0 Å². The van der Waals surface area contributed by atoms with E-state index in [1.807, 2.05) is 32.0 Å². The smallest absolute Gasteiger partial charge is 0.338 e. The van der Waals surface area contributed by atoms with Gasteiger partial charge in [-0.15, -0.1) is 0 Å². The molecule has 2 rings (SSSR count). The summed E-state index contributed by atoms with van der Waals surface area (Å²) < 4.78 is 11.6. The fourth-order valence-corrected chi connectivity index (χ4v) is 2.75. The minimum atomic E-state index is -0.357. The van der Waals surface area contributed by atoms with Crippen molar-refractivity contribution in [1.82, 2.24) is 0 Å². The van der Waals surface area contributed by atoms with Crippen LogP contribution in [0.5, 0.6) is 5.75 Å². The Labute approximate surface area is 173 Å². The highest BCUT2D eigenvalue weighted by Gasteiger charge is 2.07. The molecule has 148 valence electrons. The molecule has 0 radical (unpaired) electrons. The first-order chi connectivity index (χ1) is 13.5. The van der Waals surface area contributed by atoms with Crippen molar-refractivity contribution in [1.29, 1.82) is 0 Å². The normalized spacial score (nSPS) is 10.7. The van der Waals surface area contributed by atoms with Gasteiger partial charge in [0.1, 0.15) is 5.75 Å². The molecule has 0 aromatic heterocycles. The number of esters is 1. The third kappa shape index (κ3) is 6.85. The van der Waals surface area contributed by atoms with Gasteiger partial charge in [-0.2, -0.15) is 0 Å². The highest BCUT2D eigenvalue weighted by atomic mass is 79.9. The van der Waals surface area contributed by atoms with Crippen LogP contribution in [0.4, 0.5) is 5.69 Å². The molecule has 0 aliphatic carbocycles. The van der Waals surface area contributed by atoms with E-state index in [1.54, 1.807) is 30.3 Å². The standard InChI is InChI=1S/C22H24BrNO4/c1-3-5-14-28-22(26)16-6-10-19(11-7-16)24-21(25)13-8-17-15-18(23)9-12-20(17)27-4-2/h6-13,15H,3-5,14H2,1-2H3,(H,24,25). The largest absolute Gasteiger partial charge is 0.493 e. The molecule has 1 N–H and O–H groups in total. The highest BCUT2D eigenvalue weighted by molar-refractivity contribution is 9.10. The van der Waals surface area contributed by atoms with E-state index in [2.05, 4.69) is 21.2 Å². The molecule has 0 saturated heterocycles. The van der Waals surface area contributed by atoms with E-state index in [9.17, 15) is 9.59 Å². The third-order valence-electron chi connectivity index (χ3n) is 3.81. The van der Waals surface area contributed by atoms with E-state index in [4.69, 9.17) is 9.47 Å². The summed E-state index contributed by atoms with van der Waals surface area (Å²) in [6, 6.07) is 12.2. The van der Waals surface area contributed by atoms with Crippen LogP contribution >= 0.6 is 15.9 Å². The number of anilines is 1. The van der Waals surface area contributed by atoms with Gasteiger partial charge in [0.25, 0.3) is 0 Å². The first-order valence-corrected chi connectivity index (χ1v) is 10.0. The lowest BCUT2D eigenvalue weighted by molar-refractivity contribution is -0.111. The van der Waals surface area contributed by atoms with Crippen LogP contribution in [0.1, 0.15) is 42.6 Å². The fourth-order valence-electron chi connectivity index (χ4n) is 2.37. The lowest BCUT2D eigenvalue weighted by atomic mass is 10.2. The van der Waals surface area contributed by atoms with Crippen LogP contribution in [-0.4, -0.2) is 25.1 Å². The zero-order valence-electron chi connectivity index (χ0n) is 16.0. The van der Waals surface area contributed by atoms with Crippen LogP contribution in [0.2, 0.25) is 0 Å². The summed E-state index contributed by atoms with van der Waals surface area (Å²) in [5.41, 5.74) is 1.86. The molecule has 0 heterocycles. The summed E-state index contributed by atoms with van der Waals surface area (Å²) in [7, 11) is 0. The quantitative estimate of drug-likeness (QED) is 0.316. The van der Waals surface area contributed by atoms with Gasteiger partial charge in [0.15, 0.2) is 0 Å². The number of nitrogens with one attached hydrogen (secondary N) is 1. The first-order valence-electron chi connectivity index (χ1n) is 9.22. The Bertz CT molecular complexity index is 831. The van der Waals surface area contributed by atoms with Crippen LogP contribution in [0.15, 0.2) is 53.0 Å². The van der Waals surface area contributed by atoms with Crippen molar-refractivity contribution in [3.8, 4) is 5.75 Å². The zero-order chi connectivity index (χ0) is 20.4. The second-order valence-corrected chi connectivity index (χ2v) is 6.92. The number of carbonyl (C=O) groups is 2. The number of unbranched alkanes of at least 4 members (excludes halogenated alkanes) is 1. The molecule has 6 heteroatoms. The molecule has 1 amide bonds. The van der Waals surface area contributed by atoms with Gasteiger partial charge in [-0.05, 0) is 61.9 Å². The maximum absolute atomic E-state index is 12.2. The van der Waals surface area contributed by atoms with E-state index in [-0.39, 0.29) is 11.9 Å². The van der Waals surface area contributed by atoms with Crippen molar-refractivity contribution in [2.45, 2.75) is 26.7 Å². The fraction of sp³-hybridized carbons (Fsp3) is 0.273. The molecular weight excluding hydrogens is 422 g/mol. The minimum absolute atomic E-state index is 0.277. The highest BCUT2D eigenvalue weighted by Crippen LogP contribution is 2.24. The van der Waals surface area contributed by atoms with Gasteiger partial charge in [-0.1, -0.05) is 29.3 Å². The summed E-state index contributed by atoms with van der Waals surface area (Å²) in [4.78, 5) is 24.1. The Kier molecular flexibility index (Phi) is 8.75. The molecule has 0 aliphatic heterocycles. The average molecular weight is 446 g/mol. The van der Waals surface area contributed by atoms with E-state index in [1.165, 1.54) is 6.08 Å². The molecule has 0 saturated carbocycles. The van der Waals surface area contributed by atoms with Crippen molar-refractivity contribution in [2.24, 2.45) is 0 Å². The number of ether oxygens (including phenoxy) is 2. The number of benzene rings is 2. The van der Waals surface area contributed by atoms with Gasteiger partial charge in [-0.3, -0.25) is 4.79 Å². The van der Waals surface area contributed by atoms with Crippen LogP contribution < -0.4 is 10.1 Å². The van der Waals surface area contributed by atoms with Crippen LogP contribution in [-0.2, 0) is 9.53 Å². The van der Waals surface area contributed by atoms with Crippen molar-refractivity contribution in [3.05, 3.63) is 64.1 Å². The molecule has 0 fully saturated rings. The van der Waals surface area contributed by atoms with Crippen LogP contribution in [0, 0.1) is 0 Å². The van der Waals surface area contributed by atoms with Crippen molar-refractivity contribution in [2.75, 3.05) is 18.5 Å². The number of carbonyl (C=O) groups excluding carboxylic acids is 2. The summed E-state index contributed by atoms with van der Waals surface area (Å²) in [6.07, 6.45) is 4.95. The Morgan fingerprint density at radius 1 is 1.11 bits per heavy atom.